The molecule has 0 radical (unpaired) electrons. The van der Waals surface area contributed by atoms with Crippen molar-refractivity contribution >= 4 is 10.8 Å². The highest BCUT2D eigenvalue weighted by Crippen LogP contribution is 2.19. The molecule has 4 rings (SSSR count). The van der Waals surface area contributed by atoms with Gasteiger partial charge in [-0.25, -0.2) is 22.0 Å². The maximum absolute atomic E-state index is 14.6. The van der Waals surface area contributed by atoms with Gasteiger partial charge in [-0.15, -0.1) is 0 Å². The maximum Gasteiger partial charge on any atom is 0.143 e. The van der Waals surface area contributed by atoms with Crippen LogP contribution in [0, 0.1) is 52.8 Å². The molecule has 0 aliphatic heterocycles. The average molecular weight is 486 g/mol. The van der Waals surface area contributed by atoms with E-state index in [0.717, 1.165) is 17.5 Å². The molecule has 0 aliphatic carbocycles. The third kappa shape index (κ3) is 5.82. The lowest BCUT2D eigenvalue weighted by Crippen LogP contribution is -1.96. The fourth-order valence-corrected chi connectivity index (χ4v) is 3.63. The third-order valence-corrected chi connectivity index (χ3v) is 5.45. The van der Waals surface area contributed by atoms with Gasteiger partial charge in [-0.3, -0.25) is 0 Å². The van der Waals surface area contributed by atoms with E-state index in [1.165, 1.54) is 24.3 Å². The minimum Gasteiger partial charge on any atom is -0.207 e. The Hall–Kier alpha value is -4.35. The summed E-state index contributed by atoms with van der Waals surface area (Å²) in [7, 11) is 0. The van der Waals surface area contributed by atoms with Crippen molar-refractivity contribution in [3.8, 4) is 23.7 Å². The van der Waals surface area contributed by atoms with E-state index in [1.54, 1.807) is 24.3 Å². The van der Waals surface area contributed by atoms with Gasteiger partial charge in [-0.1, -0.05) is 48.0 Å². The van der Waals surface area contributed by atoms with Crippen LogP contribution in [-0.2, 0) is 6.42 Å². The number of hydrogen-bond acceptors (Lipinski definition) is 0. The van der Waals surface area contributed by atoms with Crippen LogP contribution in [0.4, 0.5) is 22.0 Å². The van der Waals surface area contributed by atoms with Crippen LogP contribution in [0.3, 0.4) is 0 Å². The van der Waals surface area contributed by atoms with Gasteiger partial charge in [0.25, 0.3) is 0 Å². The van der Waals surface area contributed by atoms with Crippen LogP contribution < -0.4 is 0 Å². The van der Waals surface area contributed by atoms with Gasteiger partial charge in [-0.2, -0.15) is 0 Å². The van der Waals surface area contributed by atoms with E-state index in [1.807, 2.05) is 19.1 Å². The first kappa shape index (κ1) is 24.8. The fourth-order valence-electron chi connectivity index (χ4n) is 3.63. The number of benzene rings is 4. The molecule has 0 bridgehead atoms. The number of aryl methyl sites for hydroxylation is 1. The van der Waals surface area contributed by atoms with Crippen molar-refractivity contribution in [2.24, 2.45) is 0 Å². The fraction of sp³-hybridized carbons (Fsp3) is 0.0968. The SMILES string of the molecule is C/C=C/CCc1cc(F)c(C#Cc2cc(F)c(C#Cc3ccc4cc(F)ccc4c3)c(F)c2)c(F)c1. The highest BCUT2D eigenvalue weighted by Gasteiger charge is 2.11. The number of halogens is 5. The monoisotopic (exact) mass is 486 g/mol. The predicted octanol–water partition coefficient (Wildman–Crippen LogP) is 7.84. The van der Waals surface area contributed by atoms with Gasteiger partial charge in [-0.05, 0) is 84.6 Å². The van der Waals surface area contributed by atoms with Crippen LogP contribution in [0.15, 0.2) is 72.8 Å². The summed E-state index contributed by atoms with van der Waals surface area (Å²) in [5.41, 5.74) is -0.0170. The lowest BCUT2D eigenvalue weighted by atomic mass is 10.0. The van der Waals surface area contributed by atoms with Crippen molar-refractivity contribution < 1.29 is 22.0 Å². The van der Waals surface area contributed by atoms with E-state index in [9.17, 15) is 22.0 Å². The second-order valence-electron chi connectivity index (χ2n) is 8.06. The van der Waals surface area contributed by atoms with Crippen molar-refractivity contribution in [2.45, 2.75) is 19.8 Å². The van der Waals surface area contributed by atoms with E-state index in [2.05, 4.69) is 23.7 Å². The molecular weight excluding hydrogens is 467 g/mol. The van der Waals surface area contributed by atoms with E-state index < -0.39 is 34.4 Å². The Morgan fingerprint density at radius 1 is 0.611 bits per heavy atom. The highest BCUT2D eigenvalue weighted by molar-refractivity contribution is 5.84. The largest absolute Gasteiger partial charge is 0.207 e. The van der Waals surface area contributed by atoms with Crippen molar-refractivity contribution in [2.75, 3.05) is 0 Å². The molecular formula is C31H19F5. The molecule has 0 aromatic heterocycles. The van der Waals surface area contributed by atoms with Crippen LogP contribution in [0.1, 0.15) is 41.2 Å². The summed E-state index contributed by atoms with van der Waals surface area (Å²) in [5, 5.41) is 1.41. The van der Waals surface area contributed by atoms with Gasteiger partial charge in [0.05, 0.1) is 11.1 Å². The molecule has 4 aromatic carbocycles. The van der Waals surface area contributed by atoms with Crippen molar-refractivity contribution in [3.05, 3.63) is 130 Å². The normalized spacial score (nSPS) is 10.7. The number of hydrogen-bond donors (Lipinski definition) is 0. The van der Waals surface area contributed by atoms with Crippen LogP contribution in [-0.4, -0.2) is 0 Å². The lowest BCUT2D eigenvalue weighted by molar-refractivity contribution is 0.574. The van der Waals surface area contributed by atoms with Gasteiger partial charge in [0, 0.05) is 11.1 Å². The molecule has 0 spiro atoms. The molecule has 0 N–H and O–H groups in total. The second kappa shape index (κ2) is 10.9. The summed E-state index contributed by atoms with van der Waals surface area (Å²) in [6.45, 7) is 1.86. The smallest absolute Gasteiger partial charge is 0.143 e. The molecule has 0 nitrogen and oxygen atoms in total. The molecule has 0 amide bonds. The standard InChI is InChI=1S/C31H19F5/c1-2-3-4-5-21-15-28(33)27(29(34)16-21)13-8-22-17-30(35)26(31(36)18-22)12-7-20-6-9-24-19-25(32)11-10-23(24)14-20/h2-3,6,9-11,14-19H,4-5H2,1H3/b3-2+. The Bertz CT molecular complexity index is 1560. The van der Waals surface area contributed by atoms with E-state index in [-0.39, 0.29) is 11.4 Å². The van der Waals surface area contributed by atoms with Gasteiger partial charge < -0.3 is 0 Å². The molecule has 0 saturated heterocycles. The van der Waals surface area contributed by atoms with Crippen molar-refractivity contribution in [1.82, 2.24) is 0 Å². The Morgan fingerprint density at radius 2 is 1.17 bits per heavy atom. The first-order chi connectivity index (χ1) is 17.3. The molecule has 36 heavy (non-hydrogen) atoms. The molecule has 5 heteroatoms. The topological polar surface area (TPSA) is 0 Å². The number of rotatable bonds is 3. The van der Waals surface area contributed by atoms with Gasteiger partial charge >= 0.3 is 0 Å². The Labute approximate surface area is 206 Å². The first-order valence-corrected chi connectivity index (χ1v) is 11.2. The quantitative estimate of drug-likeness (QED) is 0.157. The van der Waals surface area contributed by atoms with Crippen LogP contribution in [0.25, 0.3) is 10.8 Å². The average Bonchev–Trinajstić information content (AvgIpc) is 2.83. The molecule has 0 fully saturated rings. The first-order valence-electron chi connectivity index (χ1n) is 11.2. The summed E-state index contributed by atoms with van der Waals surface area (Å²) >= 11 is 0. The molecule has 0 atom stereocenters. The van der Waals surface area contributed by atoms with Gasteiger partial charge in [0.1, 0.15) is 29.1 Å². The zero-order chi connectivity index (χ0) is 25.7. The van der Waals surface area contributed by atoms with Crippen molar-refractivity contribution in [3.63, 3.8) is 0 Å². The van der Waals surface area contributed by atoms with Crippen molar-refractivity contribution in [1.29, 1.82) is 0 Å². The van der Waals surface area contributed by atoms with Crippen LogP contribution >= 0.6 is 0 Å². The maximum atomic E-state index is 14.6. The summed E-state index contributed by atoms with van der Waals surface area (Å²) < 4.78 is 71.3. The number of allylic oxidation sites excluding steroid dienone is 2. The lowest BCUT2D eigenvalue weighted by Gasteiger charge is -2.03. The van der Waals surface area contributed by atoms with E-state index >= 15 is 0 Å². The van der Waals surface area contributed by atoms with Crippen LogP contribution in [0.5, 0.6) is 0 Å². The Morgan fingerprint density at radius 3 is 1.81 bits per heavy atom. The molecule has 0 unspecified atom stereocenters. The number of fused-ring (bicyclic) bond motifs is 1. The molecule has 178 valence electrons. The highest BCUT2D eigenvalue weighted by atomic mass is 19.1. The third-order valence-electron chi connectivity index (χ3n) is 5.45. The summed E-state index contributed by atoms with van der Waals surface area (Å²) in [6.07, 6.45) is 4.87. The van der Waals surface area contributed by atoms with Crippen LogP contribution in [0.2, 0.25) is 0 Å². The summed E-state index contributed by atoms with van der Waals surface area (Å²) in [5.74, 6) is 6.00. The summed E-state index contributed by atoms with van der Waals surface area (Å²) in [6, 6.07) is 13.6. The minimum atomic E-state index is -0.949. The zero-order valence-corrected chi connectivity index (χ0v) is 19.2. The minimum absolute atomic E-state index is 0.0840. The van der Waals surface area contributed by atoms with E-state index in [0.29, 0.717) is 29.4 Å². The van der Waals surface area contributed by atoms with E-state index in [4.69, 9.17) is 0 Å². The Kier molecular flexibility index (Phi) is 7.52. The molecule has 0 saturated carbocycles. The van der Waals surface area contributed by atoms with Gasteiger partial charge in [0.15, 0.2) is 0 Å². The molecule has 0 aliphatic rings. The predicted molar refractivity (Wildman–Crippen MR) is 132 cm³/mol. The zero-order valence-electron chi connectivity index (χ0n) is 19.2. The Balaban J connectivity index is 1.58. The molecule has 4 aromatic rings. The summed E-state index contributed by atoms with van der Waals surface area (Å²) in [4.78, 5) is 0. The second-order valence-corrected chi connectivity index (χ2v) is 8.06. The molecule has 0 heterocycles. The van der Waals surface area contributed by atoms with Gasteiger partial charge in [0.2, 0.25) is 0 Å².